The molecule has 0 heterocycles. The lowest BCUT2D eigenvalue weighted by molar-refractivity contribution is 0.298. The summed E-state index contributed by atoms with van der Waals surface area (Å²) in [6.07, 6.45) is 9.74. The summed E-state index contributed by atoms with van der Waals surface area (Å²) in [7, 11) is 0. The second-order valence-corrected chi connectivity index (χ2v) is 5.93. The summed E-state index contributed by atoms with van der Waals surface area (Å²) in [5.74, 6) is 4.30. The quantitative estimate of drug-likeness (QED) is 0.624. The molecule has 2 rings (SSSR count). The molecule has 0 spiro atoms. The van der Waals surface area contributed by atoms with Crippen LogP contribution in [0.4, 0.5) is 0 Å². The van der Waals surface area contributed by atoms with E-state index in [-0.39, 0.29) is 0 Å². The molecule has 3 atom stereocenters. The Kier molecular flexibility index (Phi) is 3.04. The Hall–Kier alpha value is -0.520. The zero-order chi connectivity index (χ0) is 11.0. The van der Waals surface area contributed by atoms with E-state index < -0.39 is 0 Å². The average Bonchev–Trinajstić information content (AvgIpc) is 2.56. The van der Waals surface area contributed by atoms with Gasteiger partial charge >= 0.3 is 0 Å². The van der Waals surface area contributed by atoms with Crippen LogP contribution in [0.3, 0.4) is 0 Å². The summed E-state index contributed by atoms with van der Waals surface area (Å²) >= 11 is 0. The molecule has 0 aromatic heterocycles. The highest BCUT2D eigenvalue weighted by Gasteiger charge is 2.40. The van der Waals surface area contributed by atoms with Crippen LogP contribution in [0.2, 0.25) is 0 Å². The van der Waals surface area contributed by atoms with E-state index in [1.807, 2.05) is 0 Å². The second kappa shape index (κ2) is 4.15. The highest BCUT2D eigenvalue weighted by Crippen LogP contribution is 2.50. The van der Waals surface area contributed by atoms with Crippen molar-refractivity contribution in [3.63, 3.8) is 0 Å². The van der Waals surface area contributed by atoms with Crippen LogP contribution in [0.15, 0.2) is 23.8 Å². The van der Waals surface area contributed by atoms with Crippen molar-refractivity contribution in [3.05, 3.63) is 23.8 Å². The molecule has 0 nitrogen and oxygen atoms in total. The predicted octanol–water partition coefficient (Wildman–Crippen LogP) is 4.44. The van der Waals surface area contributed by atoms with Crippen molar-refractivity contribution in [2.24, 2.45) is 29.6 Å². The molecular formula is C15H24. The van der Waals surface area contributed by atoms with E-state index >= 15 is 0 Å². The van der Waals surface area contributed by atoms with Crippen LogP contribution in [-0.2, 0) is 0 Å². The SMILES string of the molecule is CC(C)C1CC(C(C)C)C2CC=CC=C12. The van der Waals surface area contributed by atoms with E-state index in [1.165, 1.54) is 12.8 Å². The summed E-state index contributed by atoms with van der Waals surface area (Å²) in [6, 6.07) is 0. The topological polar surface area (TPSA) is 0 Å². The van der Waals surface area contributed by atoms with Gasteiger partial charge < -0.3 is 0 Å². The van der Waals surface area contributed by atoms with Gasteiger partial charge in [-0.05, 0) is 42.4 Å². The van der Waals surface area contributed by atoms with Gasteiger partial charge in [0.05, 0.1) is 0 Å². The van der Waals surface area contributed by atoms with Gasteiger partial charge in [-0.15, -0.1) is 0 Å². The number of hydrogen-bond donors (Lipinski definition) is 0. The largest absolute Gasteiger partial charge is 0.0839 e. The molecule has 0 amide bonds. The third-order valence-electron chi connectivity index (χ3n) is 4.38. The highest BCUT2D eigenvalue weighted by molar-refractivity contribution is 5.28. The van der Waals surface area contributed by atoms with Crippen molar-refractivity contribution >= 4 is 0 Å². The fourth-order valence-electron chi connectivity index (χ4n) is 3.47. The first-order valence-electron chi connectivity index (χ1n) is 6.48. The van der Waals surface area contributed by atoms with E-state index in [9.17, 15) is 0 Å². The van der Waals surface area contributed by atoms with Crippen LogP contribution in [-0.4, -0.2) is 0 Å². The van der Waals surface area contributed by atoms with Crippen LogP contribution >= 0.6 is 0 Å². The third kappa shape index (κ3) is 1.91. The molecule has 0 N–H and O–H groups in total. The number of fused-ring (bicyclic) bond motifs is 1. The van der Waals surface area contributed by atoms with Crippen molar-refractivity contribution < 1.29 is 0 Å². The predicted molar refractivity (Wildman–Crippen MR) is 66.6 cm³/mol. The molecule has 84 valence electrons. The summed E-state index contributed by atoms with van der Waals surface area (Å²) in [5.41, 5.74) is 1.76. The summed E-state index contributed by atoms with van der Waals surface area (Å²) in [5, 5.41) is 0. The minimum Gasteiger partial charge on any atom is -0.0839 e. The van der Waals surface area contributed by atoms with Gasteiger partial charge in [0.25, 0.3) is 0 Å². The Balaban J connectivity index is 2.24. The summed E-state index contributed by atoms with van der Waals surface area (Å²) in [6.45, 7) is 9.54. The van der Waals surface area contributed by atoms with Crippen LogP contribution in [0.25, 0.3) is 0 Å². The normalized spacial score (nSPS) is 34.8. The Morgan fingerprint density at radius 1 is 1.13 bits per heavy atom. The maximum Gasteiger partial charge on any atom is -0.0132 e. The smallest absolute Gasteiger partial charge is 0.0132 e. The zero-order valence-electron chi connectivity index (χ0n) is 10.5. The number of allylic oxidation sites excluding steroid dienone is 4. The molecule has 0 radical (unpaired) electrons. The minimum atomic E-state index is 0.814. The lowest BCUT2D eigenvalue weighted by Crippen LogP contribution is -2.15. The fourth-order valence-corrected chi connectivity index (χ4v) is 3.47. The summed E-state index contributed by atoms with van der Waals surface area (Å²) < 4.78 is 0. The van der Waals surface area contributed by atoms with Crippen molar-refractivity contribution in [2.45, 2.75) is 40.5 Å². The molecule has 2 aliphatic carbocycles. The molecule has 1 saturated carbocycles. The Bertz CT molecular complexity index is 276. The molecule has 0 saturated heterocycles. The first-order valence-corrected chi connectivity index (χ1v) is 6.48. The van der Waals surface area contributed by atoms with E-state index in [0.29, 0.717) is 0 Å². The van der Waals surface area contributed by atoms with Crippen molar-refractivity contribution in [3.8, 4) is 0 Å². The molecular weight excluding hydrogens is 180 g/mol. The standard InChI is InChI=1S/C15H24/c1-10(2)14-9-15(11(3)4)13-8-6-5-7-12(13)14/h5-7,10-11,13-15H,8-9H2,1-4H3. The van der Waals surface area contributed by atoms with Gasteiger partial charge in [-0.1, -0.05) is 51.5 Å². The van der Waals surface area contributed by atoms with E-state index in [1.54, 1.807) is 5.57 Å². The van der Waals surface area contributed by atoms with E-state index in [4.69, 9.17) is 0 Å². The van der Waals surface area contributed by atoms with Gasteiger partial charge in [-0.25, -0.2) is 0 Å². The lowest BCUT2D eigenvalue weighted by Gasteiger charge is -2.24. The maximum atomic E-state index is 2.40. The fraction of sp³-hybridized carbons (Fsp3) is 0.733. The molecule has 0 aromatic carbocycles. The Morgan fingerprint density at radius 3 is 2.47 bits per heavy atom. The van der Waals surface area contributed by atoms with Crippen LogP contribution in [0.5, 0.6) is 0 Å². The molecule has 0 aromatic rings. The van der Waals surface area contributed by atoms with Crippen LogP contribution in [0, 0.1) is 29.6 Å². The van der Waals surface area contributed by atoms with E-state index in [0.717, 1.165) is 29.6 Å². The third-order valence-corrected chi connectivity index (χ3v) is 4.38. The van der Waals surface area contributed by atoms with Crippen molar-refractivity contribution in [1.82, 2.24) is 0 Å². The van der Waals surface area contributed by atoms with Crippen molar-refractivity contribution in [2.75, 3.05) is 0 Å². The van der Waals surface area contributed by atoms with Crippen molar-refractivity contribution in [1.29, 1.82) is 0 Å². The molecule has 2 aliphatic rings. The maximum absolute atomic E-state index is 2.40. The van der Waals surface area contributed by atoms with Gasteiger partial charge in [0, 0.05) is 0 Å². The van der Waals surface area contributed by atoms with Gasteiger partial charge in [0.15, 0.2) is 0 Å². The lowest BCUT2D eigenvalue weighted by atomic mass is 9.81. The Morgan fingerprint density at radius 2 is 1.87 bits per heavy atom. The number of hydrogen-bond acceptors (Lipinski definition) is 0. The second-order valence-electron chi connectivity index (χ2n) is 5.93. The highest BCUT2D eigenvalue weighted by atomic mass is 14.4. The van der Waals surface area contributed by atoms with Gasteiger partial charge in [-0.3, -0.25) is 0 Å². The van der Waals surface area contributed by atoms with E-state index in [2.05, 4.69) is 45.9 Å². The minimum absolute atomic E-state index is 0.814. The first kappa shape index (κ1) is 11.0. The molecule has 3 unspecified atom stereocenters. The van der Waals surface area contributed by atoms with Gasteiger partial charge in [-0.2, -0.15) is 0 Å². The molecule has 0 heteroatoms. The molecule has 0 aliphatic heterocycles. The van der Waals surface area contributed by atoms with Crippen LogP contribution in [0.1, 0.15) is 40.5 Å². The Labute approximate surface area is 94.5 Å². The van der Waals surface area contributed by atoms with Crippen LogP contribution < -0.4 is 0 Å². The monoisotopic (exact) mass is 204 g/mol. The number of rotatable bonds is 2. The van der Waals surface area contributed by atoms with Gasteiger partial charge in [0.2, 0.25) is 0 Å². The molecule has 1 fully saturated rings. The average molecular weight is 204 g/mol. The molecule has 15 heavy (non-hydrogen) atoms. The summed E-state index contributed by atoms with van der Waals surface area (Å²) in [4.78, 5) is 0. The van der Waals surface area contributed by atoms with Gasteiger partial charge in [0.1, 0.15) is 0 Å². The zero-order valence-corrected chi connectivity index (χ0v) is 10.5. The molecule has 0 bridgehead atoms. The first-order chi connectivity index (χ1) is 7.11.